The molecule has 2 N–H and O–H groups in total. The summed E-state index contributed by atoms with van der Waals surface area (Å²) >= 11 is 0. The summed E-state index contributed by atoms with van der Waals surface area (Å²) in [7, 11) is -2.56. The molecule has 0 bridgehead atoms. The van der Waals surface area contributed by atoms with Crippen LogP contribution in [0.1, 0.15) is 0 Å². The number of para-hydroxylation sites is 1. The van der Waals surface area contributed by atoms with Crippen molar-refractivity contribution in [1.82, 2.24) is 0 Å². The molecule has 1 amide bonds. The standard InChI is InChI=1S/C9H12N2O4S/c1-11(8-5-3-2-4-6-8)9(12)7-15-16(10,13)14/h2-6H,7H2,1H3,(H2,10,13,14). The van der Waals surface area contributed by atoms with E-state index in [4.69, 9.17) is 0 Å². The lowest BCUT2D eigenvalue weighted by Crippen LogP contribution is -2.32. The number of carbonyl (C=O) groups excluding carboxylic acids is 1. The van der Waals surface area contributed by atoms with Crippen LogP contribution in [-0.4, -0.2) is 28.0 Å². The van der Waals surface area contributed by atoms with Gasteiger partial charge in [-0.05, 0) is 12.1 Å². The van der Waals surface area contributed by atoms with E-state index in [1.165, 1.54) is 11.9 Å². The summed E-state index contributed by atoms with van der Waals surface area (Å²) in [5.41, 5.74) is 0.644. The molecule has 7 heteroatoms. The van der Waals surface area contributed by atoms with Gasteiger partial charge in [-0.2, -0.15) is 8.42 Å². The minimum Gasteiger partial charge on any atom is -0.313 e. The Morgan fingerprint density at radius 3 is 2.44 bits per heavy atom. The molecule has 0 heterocycles. The van der Waals surface area contributed by atoms with E-state index in [-0.39, 0.29) is 0 Å². The molecule has 0 radical (unpaired) electrons. The quantitative estimate of drug-likeness (QED) is 0.798. The number of hydrogen-bond acceptors (Lipinski definition) is 4. The second kappa shape index (κ2) is 5.06. The number of likely N-dealkylation sites (N-methyl/N-ethyl adjacent to an activating group) is 1. The summed E-state index contributed by atoms with van der Waals surface area (Å²) in [6.07, 6.45) is 0. The second-order valence-electron chi connectivity index (χ2n) is 3.04. The minimum atomic E-state index is -4.08. The SMILES string of the molecule is CN(C(=O)COS(N)(=O)=O)c1ccccc1. The zero-order chi connectivity index (χ0) is 12.2. The van der Waals surface area contributed by atoms with Gasteiger partial charge in [0.1, 0.15) is 6.61 Å². The maximum absolute atomic E-state index is 11.5. The average molecular weight is 244 g/mol. The highest BCUT2D eigenvalue weighted by Gasteiger charge is 2.13. The van der Waals surface area contributed by atoms with Gasteiger partial charge in [-0.15, -0.1) is 0 Å². The number of amides is 1. The van der Waals surface area contributed by atoms with E-state index >= 15 is 0 Å². The van der Waals surface area contributed by atoms with Crippen LogP contribution in [-0.2, 0) is 19.3 Å². The van der Waals surface area contributed by atoms with E-state index in [9.17, 15) is 13.2 Å². The summed E-state index contributed by atoms with van der Waals surface area (Å²) in [5, 5.41) is 4.60. The van der Waals surface area contributed by atoms with Crippen LogP contribution in [0.4, 0.5) is 5.69 Å². The van der Waals surface area contributed by atoms with Crippen molar-refractivity contribution in [3.05, 3.63) is 30.3 Å². The zero-order valence-corrected chi connectivity index (χ0v) is 9.48. The van der Waals surface area contributed by atoms with Crippen LogP contribution in [0, 0.1) is 0 Å². The van der Waals surface area contributed by atoms with Gasteiger partial charge in [-0.1, -0.05) is 18.2 Å². The van der Waals surface area contributed by atoms with Crippen LogP contribution < -0.4 is 10.0 Å². The number of rotatable bonds is 4. The Hall–Kier alpha value is -1.44. The molecule has 0 aliphatic rings. The highest BCUT2D eigenvalue weighted by molar-refractivity contribution is 7.84. The predicted molar refractivity (Wildman–Crippen MR) is 58.9 cm³/mol. The topological polar surface area (TPSA) is 89.7 Å². The van der Waals surface area contributed by atoms with Gasteiger partial charge in [0.25, 0.3) is 5.91 Å². The van der Waals surface area contributed by atoms with Gasteiger partial charge in [-0.3, -0.25) is 4.79 Å². The van der Waals surface area contributed by atoms with Crippen molar-refractivity contribution in [2.75, 3.05) is 18.6 Å². The minimum absolute atomic E-state index is 0.500. The van der Waals surface area contributed by atoms with Gasteiger partial charge in [-0.25, -0.2) is 9.32 Å². The van der Waals surface area contributed by atoms with Gasteiger partial charge in [0, 0.05) is 12.7 Å². The molecule has 1 aromatic carbocycles. The third-order valence-electron chi connectivity index (χ3n) is 1.86. The lowest BCUT2D eigenvalue weighted by molar-refractivity contribution is -0.120. The fourth-order valence-electron chi connectivity index (χ4n) is 1.02. The maximum Gasteiger partial charge on any atom is 0.333 e. The van der Waals surface area contributed by atoms with Crippen molar-refractivity contribution < 1.29 is 17.4 Å². The molecule has 0 saturated heterocycles. The molecular weight excluding hydrogens is 232 g/mol. The van der Waals surface area contributed by atoms with E-state index in [1.807, 2.05) is 6.07 Å². The predicted octanol–water partition coefficient (Wildman–Crippen LogP) is -0.130. The van der Waals surface area contributed by atoms with Gasteiger partial charge in [0.15, 0.2) is 0 Å². The summed E-state index contributed by atoms with van der Waals surface area (Å²) in [4.78, 5) is 12.8. The first-order valence-corrected chi connectivity index (χ1v) is 5.86. The Labute approximate surface area is 93.9 Å². The number of hydrogen-bond donors (Lipinski definition) is 1. The van der Waals surface area contributed by atoms with Gasteiger partial charge in [0.05, 0.1) is 0 Å². The van der Waals surface area contributed by atoms with Gasteiger partial charge in [0.2, 0.25) is 0 Å². The van der Waals surface area contributed by atoms with Gasteiger partial charge < -0.3 is 4.90 Å². The number of benzene rings is 1. The van der Waals surface area contributed by atoms with Crippen molar-refractivity contribution in [2.45, 2.75) is 0 Å². The number of nitrogens with two attached hydrogens (primary N) is 1. The second-order valence-corrected chi connectivity index (χ2v) is 4.26. The van der Waals surface area contributed by atoms with Crippen LogP contribution in [0.5, 0.6) is 0 Å². The Morgan fingerprint density at radius 1 is 1.38 bits per heavy atom. The molecule has 0 aliphatic heterocycles. The average Bonchev–Trinajstić information content (AvgIpc) is 2.25. The van der Waals surface area contributed by atoms with Crippen LogP contribution in [0.25, 0.3) is 0 Å². The van der Waals surface area contributed by atoms with Crippen LogP contribution >= 0.6 is 0 Å². The van der Waals surface area contributed by atoms with E-state index in [2.05, 4.69) is 9.32 Å². The Bertz CT molecular complexity index is 458. The van der Waals surface area contributed by atoms with Gasteiger partial charge >= 0.3 is 10.3 Å². The molecule has 1 rings (SSSR count). The molecule has 88 valence electrons. The van der Waals surface area contributed by atoms with Crippen molar-refractivity contribution in [3.63, 3.8) is 0 Å². The third-order valence-corrected chi connectivity index (χ3v) is 2.31. The van der Waals surface area contributed by atoms with Crippen molar-refractivity contribution in [1.29, 1.82) is 0 Å². The number of anilines is 1. The van der Waals surface area contributed by atoms with Crippen molar-refractivity contribution in [3.8, 4) is 0 Å². The Balaban J connectivity index is 2.62. The van der Waals surface area contributed by atoms with Crippen LogP contribution in [0.15, 0.2) is 30.3 Å². The first kappa shape index (κ1) is 12.6. The van der Waals surface area contributed by atoms with E-state index in [1.54, 1.807) is 24.3 Å². The summed E-state index contributed by atoms with van der Waals surface area (Å²) in [6.45, 7) is -0.607. The third kappa shape index (κ3) is 3.97. The van der Waals surface area contributed by atoms with Crippen molar-refractivity contribution in [2.24, 2.45) is 5.14 Å². The molecule has 16 heavy (non-hydrogen) atoms. The fraction of sp³-hybridized carbons (Fsp3) is 0.222. The molecule has 0 saturated carbocycles. The molecule has 0 atom stereocenters. The van der Waals surface area contributed by atoms with Crippen LogP contribution in [0.2, 0.25) is 0 Å². The monoisotopic (exact) mass is 244 g/mol. The van der Waals surface area contributed by atoms with E-state index < -0.39 is 22.8 Å². The Morgan fingerprint density at radius 2 is 1.94 bits per heavy atom. The van der Waals surface area contributed by atoms with Crippen LogP contribution in [0.3, 0.4) is 0 Å². The molecular formula is C9H12N2O4S. The number of nitrogens with zero attached hydrogens (tertiary/aromatic N) is 1. The van der Waals surface area contributed by atoms with E-state index in [0.29, 0.717) is 5.69 Å². The molecule has 6 nitrogen and oxygen atoms in total. The molecule has 0 unspecified atom stereocenters. The zero-order valence-electron chi connectivity index (χ0n) is 8.66. The molecule has 0 spiro atoms. The van der Waals surface area contributed by atoms with Crippen molar-refractivity contribution >= 4 is 21.9 Å². The highest BCUT2D eigenvalue weighted by atomic mass is 32.2. The Kier molecular flexibility index (Phi) is 3.99. The summed E-state index contributed by atoms with van der Waals surface area (Å²) in [5.74, 6) is -0.500. The molecule has 0 aliphatic carbocycles. The largest absolute Gasteiger partial charge is 0.333 e. The molecule has 1 aromatic rings. The molecule has 0 aromatic heterocycles. The summed E-state index contributed by atoms with van der Waals surface area (Å²) < 4.78 is 25.2. The lowest BCUT2D eigenvalue weighted by Gasteiger charge is -2.16. The van der Waals surface area contributed by atoms with E-state index in [0.717, 1.165) is 0 Å². The molecule has 0 fully saturated rings. The smallest absolute Gasteiger partial charge is 0.313 e. The fourth-order valence-corrected chi connectivity index (χ4v) is 1.29. The first-order chi connectivity index (χ1) is 7.40. The first-order valence-electron chi connectivity index (χ1n) is 4.39. The summed E-state index contributed by atoms with van der Waals surface area (Å²) in [6, 6.07) is 8.77. The number of carbonyl (C=O) groups is 1. The lowest BCUT2D eigenvalue weighted by atomic mass is 10.3. The maximum atomic E-state index is 11.5. The normalized spacial score (nSPS) is 11.1. The highest BCUT2D eigenvalue weighted by Crippen LogP contribution is 2.10.